The van der Waals surface area contributed by atoms with Crippen LogP contribution in [0.3, 0.4) is 0 Å². The molecule has 0 saturated carbocycles. The Morgan fingerprint density at radius 3 is 2.58 bits per heavy atom. The summed E-state index contributed by atoms with van der Waals surface area (Å²) in [7, 11) is 0. The van der Waals surface area contributed by atoms with E-state index in [1.807, 2.05) is 0 Å². The predicted octanol–water partition coefficient (Wildman–Crippen LogP) is 1.97. The molecule has 0 aromatic heterocycles. The Morgan fingerprint density at radius 2 is 2.11 bits per heavy atom. The maximum absolute atomic E-state index is 12.2. The highest BCUT2D eigenvalue weighted by Gasteiger charge is 2.45. The van der Waals surface area contributed by atoms with Crippen molar-refractivity contribution in [1.82, 2.24) is 4.90 Å². The van der Waals surface area contributed by atoms with E-state index in [4.69, 9.17) is 14.0 Å². The number of hydrogen-bond donors (Lipinski definition) is 1. The highest BCUT2D eigenvalue weighted by Crippen LogP contribution is 2.30. The van der Waals surface area contributed by atoms with Gasteiger partial charge in [0.05, 0.1) is 18.4 Å². The molecule has 7 heteroatoms. The fourth-order valence-electron chi connectivity index (χ4n) is 2.01. The normalized spacial score (nSPS) is 24.3. The first-order valence-electron chi connectivity index (χ1n) is 6.26. The van der Waals surface area contributed by atoms with Gasteiger partial charge in [-0.2, -0.15) is 0 Å². The summed E-state index contributed by atoms with van der Waals surface area (Å²) in [6.45, 7) is 9.31. The molecule has 2 unspecified atom stereocenters. The minimum atomic E-state index is -1.87. The van der Waals surface area contributed by atoms with Crippen molar-refractivity contribution in [2.75, 3.05) is 12.4 Å². The van der Waals surface area contributed by atoms with Gasteiger partial charge in [0.25, 0.3) is 0 Å². The van der Waals surface area contributed by atoms with Crippen LogP contribution in [0.25, 0.3) is 0 Å². The molecule has 0 aromatic carbocycles. The summed E-state index contributed by atoms with van der Waals surface area (Å²) in [6.07, 6.45) is -0.0464. The molecule has 0 aromatic rings. The van der Waals surface area contributed by atoms with Gasteiger partial charge in [-0.1, -0.05) is 0 Å². The second kappa shape index (κ2) is 5.76. The second-order valence-corrected chi connectivity index (χ2v) is 7.13. The quantitative estimate of drug-likeness (QED) is 0.805. The standard InChI is InChI=1S/C12H23NO5S/c1-11(2,3)18-10(14)13-9(6-7-19(15)16)8-17-12(13,4)5/h9H,6-8H2,1-5H3,(H,15,16). The third-order valence-corrected chi connectivity index (χ3v) is 3.38. The first kappa shape index (κ1) is 16.4. The summed E-state index contributed by atoms with van der Waals surface area (Å²) in [5.74, 6) is 0.114. The molecule has 6 nitrogen and oxygen atoms in total. The van der Waals surface area contributed by atoms with Crippen molar-refractivity contribution in [1.29, 1.82) is 0 Å². The van der Waals surface area contributed by atoms with E-state index in [0.717, 1.165) is 0 Å². The van der Waals surface area contributed by atoms with E-state index >= 15 is 0 Å². The number of ether oxygens (including phenoxy) is 2. The first-order valence-corrected chi connectivity index (χ1v) is 7.54. The Balaban J connectivity index is 2.78. The molecule has 1 saturated heterocycles. The van der Waals surface area contributed by atoms with E-state index < -0.39 is 28.5 Å². The third kappa shape index (κ3) is 4.74. The van der Waals surface area contributed by atoms with E-state index in [2.05, 4.69) is 0 Å². The van der Waals surface area contributed by atoms with Crippen molar-refractivity contribution in [3.05, 3.63) is 0 Å². The van der Waals surface area contributed by atoms with E-state index in [0.29, 0.717) is 13.0 Å². The summed E-state index contributed by atoms with van der Waals surface area (Å²) in [4.78, 5) is 13.7. The molecule has 1 fully saturated rings. The highest BCUT2D eigenvalue weighted by atomic mass is 32.2. The molecule has 1 N–H and O–H groups in total. The summed E-state index contributed by atoms with van der Waals surface area (Å²) in [6, 6.07) is -0.235. The number of hydrogen-bond acceptors (Lipinski definition) is 4. The lowest BCUT2D eigenvalue weighted by Crippen LogP contribution is -2.50. The molecular weight excluding hydrogens is 270 g/mol. The van der Waals surface area contributed by atoms with Gasteiger partial charge in [-0.15, -0.1) is 0 Å². The zero-order valence-electron chi connectivity index (χ0n) is 12.1. The zero-order chi connectivity index (χ0) is 14.8. The Kier molecular flexibility index (Phi) is 4.97. The SMILES string of the molecule is CC(C)(C)OC(=O)N1C(CCS(=O)O)COC1(C)C. The smallest absolute Gasteiger partial charge is 0.412 e. The van der Waals surface area contributed by atoms with Crippen LogP contribution in [0.15, 0.2) is 0 Å². The molecule has 0 spiro atoms. The van der Waals surface area contributed by atoms with Crippen LogP contribution in [0.5, 0.6) is 0 Å². The average molecular weight is 293 g/mol. The van der Waals surface area contributed by atoms with Crippen molar-refractivity contribution in [2.24, 2.45) is 0 Å². The Bertz CT molecular complexity index is 364. The van der Waals surface area contributed by atoms with Gasteiger partial charge in [-0.25, -0.2) is 9.00 Å². The largest absolute Gasteiger partial charge is 0.444 e. The van der Waals surface area contributed by atoms with Crippen molar-refractivity contribution in [3.63, 3.8) is 0 Å². The Morgan fingerprint density at radius 1 is 1.53 bits per heavy atom. The molecule has 112 valence electrons. The van der Waals surface area contributed by atoms with Crippen molar-refractivity contribution >= 4 is 17.2 Å². The number of rotatable bonds is 3. The van der Waals surface area contributed by atoms with Crippen LogP contribution in [0.1, 0.15) is 41.0 Å². The van der Waals surface area contributed by atoms with Crippen LogP contribution < -0.4 is 0 Å². The molecule has 0 aliphatic carbocycles. The number of amides is 1. The molecule has 1 amide bonds. The van der Waals surface area contributed by atoms with E-state index in [9.17, 15) is 9.00 Å². The highest BCUT2D eigenvalue weighted by molar-refractivity contribution is 7.79. The van der Waals surface area contributed by atoms with Gasteiger partial charge in [0.15, 0.2) is 11.1 Å². The van der Waals surface area contributed by atoms with Crippen molar-refractivity contribution < 1.29 is 23.0 Å². The van der Waals surface area contributed by atoms with Crippen LogP contribution in [0.4, 0.5) is 4.79 Å². The van der Waals surface area contributed by atoms with Crippen molar-refractivity contribution in [2.45, 2.75) is 58.4 Å². The summed E-state index contributed by atoms with van der Waals surface area (Å²) in [5.41, 5.74) is -1.34. The van der Waals surface area contributed by atoms with Gasteiger partial charge in [0, 0.05) is 0 Å². The fraction of sp³-hybridized carbons (Fsp3) is 0.917. The predicted molar refractivity (Wildman–Crippen MR) is 72.1 cm³/mol. The van der Waals surface area contributed by atoms with E-state index in [1.165, 1.54) is 4.90 Å². The van der Waals surface area contributed by atoms with Gasteiger partial charge < -0.3 is 14.0 Å². The monoisotopic (exact) mass is 293 g/mol. The van der Waals surface area contributed by atoms with Gasteiger partial charge in [-0.3, -0.25) is 4.90 Å². The van der Waals surface area contributed by atoms with E-state index in [-0.39, 0.29) is 11.8 Å². The molecular formula is C12H23NO5S. The summed E-state index contributed by atoms with van der Waals surface area (Å²) < 4.78 is 30.6. The molecule has 1 heterocycles. The van der Waals surface area contributed by atoms with Crippen LogP contribution >= 0.6 is 0 Å². The Labute approximate surface area is 116 Å². The fourth-order valence-corrected chi connectivity index (χ4v) is 2.49. The lowest BCUT2D eigenvalue weighted by atomic mass is 10.1. The average Bonchev–Trinajstić information content (AvgIpc) is 2.47. The summed E-state index contributed by atoms with van der Waals surface area (Å²) >= 11 is -1.87. The van der Waals surface area contributed by atoms with Gasteiger partial charge in [0.1, 0.15) is 11.3 Å². The number of carbonyl (C=O) groups excluding carboxylic acids is 1. The lowest BCUT2D eigenvalue weighted by Gasteiger charge is -2.35. The number of nitrogens with zero attached hydrogens (tertiary/aromatic N) is 1. The van der Waals surface area contributed by atoms with Crippen molar-refractivity contribution in [3.8, 4) is 0 Å². The van der Waals surface area contributed by atoms with Crippen LogP contribution in [0.2, 0.25) is 0 Å². The maximum Gasteiger partial charge on any atom is 0.412 e. The third-order valence-electron chi connectivity index (χ3n) is 2.79. The maximum atomic E-state index is 12.2. The van der Waals surface area contributed by atoms with Gasteiger partial charge in [0.2, 0.25) is 0 Å². The van der Waals surface area contributed by atoms with Gasteiger partial charge in [-0.05, 0) is 41.0 Å². The number of carbonyl (C=O) groups is 1. The zero-order valence-corrected chi connectivity index (χ0v) is 13.0. The molecule has 1 aliphatic heterocycles. The van der Waals surface area contributed by atoms with Crippen LogP contribution in [-0.4, -0.2) is 49.5 Å². The van der Waals surface area contributed by atoms with Crippen LogP contribution in [-0.2, 0) is 20.6 Å². The minimum Gasteiger partial charge on any atom is -0.444 e. The summed E-state index contributed by atoms with van der Waals surface area (Å²) in [5, 5.41) is 0. The Hall–Kier alpha value is -0.660. The molecule has 0 radical (unpaired) electrons. The molecule has 19 heavy (non-hydrogen) atoms. The van der Waals surface area contributed by atoms with Gasteiger partial charge >= 0.3 is 6.09 Å². The minimum absolute atomic E-state index is 0.114. The topological polar surface area (TPSA) is 76.1 Å². The molecule has 1 aliphatic rings. The lowest BCUT2D eigenvalue weighted by molar-refractivity contribution is -0.0625. The molecule has 2 atom stereocenters. The molecule has 0 bridgehead atoms. The molecule has 1 rings (SSSR count). The second-order valence-electron chi connectivity index (χ2n) is 6.08. The van der Waals surface area contributed by atoms with Crippen LogP contribution in [0, 0.1) is 0 Å². The first-order chi connectivity index (χ1) is 8.53. The van der Waals surface area contributed by atoms with E-state index in [1.54, 1.807) is 34.6 Å².